The summed E-state index contributed by atoms with van der Waals surface area (Å²) >= 11 is 5.26. The van der Waals surface area contributed by atoms with Gasteiger partial charge < -0.3 is 0 Å². The van der Waals surface area contributed by atoms with Crippen molar-refractivity contribution < 1.29 is 4.79 Å². The van der Waals surface area contributed by atoms with Gasteiger partial charge in [-0.05, 0) is 50.7 Å². The highest BCUT2D eigenvalue weighted by molar-refractivity contribution is 14.1. The first kappa shape index (κ1) is 13.4. The number of hydrogen-bond acceptors (Lipinski definition) is 3. The van der Waals surface area contributed by atoms with Gasteiger partial charge >= 0.3 is 0 Å². The van der Waals surface area contributed by atoms with Crippen molar-refractivity contribution in [3.05, 3.63) is 60.7 Å². The molecule has 0 N–H and O–H groups in total. The Hall–Kier alpha value is -1.02. The first-order valence-electron chi connectivity index (χ1n) is 5.06. The lowest BCUT2D eigenvalue weighted by molar-refractivity contribution is 0.0970. The van der Waals surface area contributed by atoms with E-state index in [1.807, 2.05) is 12.1 Å². The lowest BCUT2D eigenvalue weighted by Gasteiger charge is -2.04. The van der Waals surface area contributed by atoms with Crippen molar-refractivity contribution in [2.45, 2.75) is 6.54 Å². The summed E-state index contributed by atoms with van der Waals surface area (Å²) in [5.74, 6) is -0.117. The molecule has 0 radical (unpaired) electrons. The molecular formula is C12H8BrIN2O2. The van der Waals surface area contributed by atoms with Gasteiger partial charge in [-0.2, -0.15) is 0 Å². The van der Waals surface area contributed by atoms with Gasteiger partial charge in [0, 0.05) is 15.3 Å². The molecule has 0 spiro atoms. The fourth-order valence-corrected chi connectivity index (χ4v) is 2.12. The van der Waals surface area contributed by atoms with Gasteiger partial charge in [-0.25, -0.2) is 4.98 Å². The summed E-state index contributed by atoms with van der Waals surface area (Å²) in [7, 11) is 0. The predicted octanol–water partition coefficient (Wildman–Crippen LogP) is 2.49. The van der Waals surface area contributed by atoms with Crippen LogP contribution in [0.2, 0.25) is 0 Å². The van der Waals surface area contributed by atoms with Gasteiger partial charge in [0.2, 0.25) is 0 Å². The molecule has 18 heavy (non-hydrogen) atoms. The number of hydrogen-bond donors (Lipinski definition) is 0. The summed E-state index contributed by atoms with van der Waals surface area (Å²) < 4.78 is 2.69. The number of ketones is 1. The molecule has 1 aromatic heterocycles. The Bertz CT molecular complexity index is 637. The molecule has 0 fully saturated rings. The topological polar surface area (TPSA) is 52.0 Å². The molecule has 2 aromatic rings. The van der Waals surface area contributed by atoms with Crippen LogP contribution in [0.1, 0.15) is 10.4 Å². The second-order valence-electron chi connectivity index (χ2n) is 3.60. The van der Waals surface area contributed by atoms with Crippen LogP contribution in [0.4, 0.5) is 0 Å². The minimum absolute atomic E-state index is 0.00807. The van der Waals surface area contributed by atoms with Crippen LogP contribution in [0.15, 0.2) is 46.1 Å². The molecular weight excluding hydrogens is 411 g/mol. The number of aromatic nitrogens is 2. The third-order valence-corrected chi connectivity index (χ3v) is 3.60. The molecule has 0 aliphatic rings. The summed E-state index contributed by atoms with van der Waals surface area (Å²) in [6.45, 7) is -0.00807. The van der Waals surface area contributed by atoms with Crippen molar-refractivity contribution in [3.8, 4) is 0 Å². The minimum Gasteiger partial charge on any atom is -0.292 e. The maximum Gasteiger partial charge on any atom is 0.268 e. The zero-order valence-electron chi connectivity index (χ0n) is 9.14. The van der Waals surface area contributed by atoms with Crippen LogP contribution in [0.25, 0.3) is 0 Å². The molecule has 6 heteroatoms. The van der Waals surface area contributed by atoms with Crippen molar-refractivity contribution in [1.82, 2.24) is 9.55 Å². The number of Topliss-reactive ketones (excluding diaryl/α,β-unsaturated/α-hetero) is 1. The Morgan fingerprint density at radius 2 is 2.00 bits per heavy atom. The molecule has 0 saturated carbocycles. The molecule has 2 rings (SSSR count). The smallest absolute Gasteiger partial charge is 0.268 e. The fraction of sp³-hybridized carbons (Fsp3) is 0.0833. The van der Waals surface area contributed by atoms with Crippen LogP contribution in [-0.4, -0.2) is 15.3 Å². The number of benzene rings is 1. The van der Waals surface area contributed by atoms with Gasteiger partial charge in [-0.15, -0.1) is 0 Å². The van der Waals surface area contributed by atoms with E-state index < -0.39 is 0 Å². The van der Waals surface area contributed by atoms with E-state index in [4.69, 9.17) is 0 Å². The van der Waals surface area contributed by atoms with Crippen molar-refractivity contribution >= 4 is 44.3 Å². The zero-order chi connectivity index (χ0) is 13.1. The predicted molar refractivity (Wildman–Crippen MR) is 79.7 cm³/mol. The van der Waals surface area contributed by atoms with Crippen molar-refractivity contribution in [1.29, 1.82) is 0 Å². The van der Waals surface area contributed by atoms with Crippen LogP contribution < -0.4 is 5.56 Å². The van der Waals surface area contributed by atoms with E-state index in [0.29, 0.717) is 10.0 Å². The van der Waals surface area contributed by atoms with Gasteiger partial charge in [0.1, 0.15) is 4.47 Å². The molecule has 0 bridgehead atoms. The Balaban J connectivity index is 2.24. The lowest BCUT2D eigenvalue weighted by Crippen LogP contribution is -2.24. The van der Waals surface area contributed by atoms with Crippen LogP contribution in [-0.2, 0) is 6.54 Å². The average molecular weight is 419 g/mol. The Morgan fingerprint density at radius 3 is 2.67 bits per heavy atom. The molecule has 4 nitrogen and oxygen atoms in total. The molecule has 0 amide bonds. The molecule has 1 aromatic carbocycles. The molecule has 0 saturated heterocycles. The third kappa shape index (κ3) is 3.05. The molecule has 0 atom stereocenters. The normalized spacial score (nSPS) is 10.3. The molecule has 0 unspecified atom stereocenters. The highest BCUT2D eigenvalue weighted by atomic mass is 127. The van der Waals surface area contributed by atoms with E-state index in [0.717, 1.165) is 3.57 Å². The van der Waals surface area contributed by atoms with E-state index in [1.54, 1.807) is 12.1 Å². The maximum atomic E-state index is 12.0. The first-order chi connectivity index (χ1) is 8.58. The largest absolute Gasteiger partial charge is 0.292 e. The Kier molecular flexibility index (Phi) is 4.28. The zero-order valence-corrected chi connectivity index (χ0v) is 12.9. The second kappa shape index (κ2) is 5.75. The van der Waals surface area contributed by atoms with Gasteiger partial charge in [0.15, 0.2) is 5.78 Å². The van der Waals surface area contributed by atoms with E-state index in [1.165, 1.54) is 17.1 Å². The highest BCUT2D eigenvalue weighted by Gasteiger charge is 2.09. The summed E-state index contributed by atoms with van der Waals surface area (Å²) in [4.78, 5) is 27.6. The molecule has 0 aliphatic heterocycles. The van der Waals surface area contributed by atoms with Crippen molar-refractivity contribution in [2.24, 2.45) is 0 Å². The standard InChI is InChI=1S/C12H8BrIN2O2/c13-10-5-15-7-16(12(10)18)6-11(17)8-1-3-9(14)4-2-8/h1-5,7H,6H2. The number of carbonyl (C=O) groups is 1. The quantitative estimate of drug-likeness (QED) is 0.568. The highest BCUT2D eigenvalue weighted by Crippen LogP contribution is 2.08. The van der Waals surface area contributed by atoms with Crippen LogP contribution >= 0.6 is 38.5 Å². The SMILES string of the molecule is O=C(Cn1cncc(Br)c1=O)c1ccc(I)cc1. The fourth-order valence-electron chi connectivity index (χ4n) is 1.42. The second-order valence-corrected chi connectivity index (χ2v) is 5.70. The van der Waals surface area contributed by atoms with E-state index in [-0.39, 0.29) is 17.9 Å². The summed E-state index contributed by atoms with van der Waals surface area (Å²) in [5, 5.41) is 0. The van der Waals surface area contributed by atoms with Crippen molar-refractivity contribution in [2.75, 3.05) is 0 Å². The summed E-state index contributed by atoms with van der Waals surface area (Å²) in [6.07, 6.45) is 2.77. The first-order valence-corrected chi connectivity index (χ1v) is 6.94. The summed E-state index contributed by atoms with van der Waals surface area (Å²) in [6, 6.07) is 7.21. The van der Waals surface area contributed by atoms with Gasteiger partial charge in [-0.1, -0.05) is 12.1 Å². The number of rotatable bonds is 3. The maximum absolute atomic E-state index is 12.0. The van der Waals surface area contributed by atoms with Crippen molar-refractivity contribution in [3.63, 3.8) is 0 Å². The van der Waals surface area contributed by atoms with Crippen LogP contribution in [0, 0.1) is 3.57 Å². The van der Waals surface area contributed by atoms with Gasteiger partial charge in [0.05, 0.1) is 12.9 Å². The van der Waals surface area contributed by atoms with Gasteiger partial charge in [-0.3, -0.25) is 14.2 Å². The average Bonchev–Trinajstić information content (AvgIpc) is 2.36. The monoisotopic (exact) mass is 418 g/mol. The van der Waals surface area contributed by atoms with Crippen LogP contribution in [0.5, 0.6) is 0 Å². The van der Waals surface area contributed by atoms with E-state index >= 15 is 0 Å². The third-order valence-electron chi connectivity index (χ3n) is 2.34. The van der Waals surface area contributed by atoms with E-state index in [9.17, 15) is 9.59 Å². The Morgan fingerprint density at radius 1 is 1.33 bits per heavy atom. The Labute approximate surface area is 125 Å². The van der Waals surface area contributed by atoms with Gasteiger partial charge in [0.25, 0.3) is 5.56 Å². The summed E-state index contributed by atoms with van der Waals surface area (Å²) in [5.41, 5.74) is 0.325. The number of halogens is 2. The lowest BCUT2D eigenvalue weighted by atomic mass is 10.1. The number of carbonyl (C=O) groups excluding carboxylic acids is 1. The molecule has 0 aliphatic carbocycles. The van der Waals surface area contributed by atoms with E-state index in [2.05, 4.69) is 43.5 Å². The van der Waals surface area contributed by atoms with Crippen LogP contribution in [0.3, 0.4) is 0 Å². The minimum atomic E-state index is -0.260. The molecule has 92 valence electrons. The number of nitrogens with zero attached hydrogens (tertiary/aromatic N) is 2. The molecule has 1 heterocycles.